The van der Waals surface area contributed by atoms with E-state index < -0.39 is 17.5 Å². The van der Waals surface area contributed by atoms with Crippen LogP contribution in [0, 0.1) is 11.6 Å². The molecule has 0 saturated heterocycles. The molecule has 3 nitrogen and oxygen atoms in total. The summed E-state index contributed by atoms with van der Waals surface area (Å²) in [6, 6.07) is 19.0. The molecule has 1 heterocycles. The van der Waals surface area contributed by atoms with Gasteiger partial charge in [0, 0.05) is 34.0 Å². The van der Waals surface area contributed by atoms with Crippen molar-refractivity contribution >= 4 is 35.0 Å². The Kier molecular flexibility index (Phi) is 6.53. The highest BCUT2D eigenvalue weighted by Gasteiger charge is 2.16. The molecule has 1 amide bonds. The van der Waals surface area contributed by atoms with E-state index >= 15 is 0 Å². The van der Waals surface area contributed by atoms with Crippen molar-refractivity contribution in [1.29, 1.82) is 0 Å². The minimum atomic E-state index is -0.710. The van der Waals surface area contributed by atoms with Gasteiger partial charge in [-0.15, -0.1) is 11.8 Å². The van der Waals surface area contributed by atoms with E-state index in [0.29, 0.717) is 33.1 Å². The number of carbonyl (C=O) groups is 1. The van der Waals surface area contributed by atoms with Crippen LogP contribution in [-0.4, -0.2) is 17.1 Å². The second kappa shape index (κ2) is 9.51. The Morgan fingerprint density at radius 1 is 0.938 bits per heavy atom. The van der Waals surface area contributed by atoms with Gasteiger partial charge < -0.3 is 5.32 Å². The molecule has 4 rings (SSSR count). The fraction of sp³-hybridized carbons (Fsp3) is 0.0400. The number of aromatic nitrogens is 1. The molecule has 0 spiro atoms. The third-order valence-electron chi connectivity index (χ3n) is 4.81. The molecule has 0 bridgehead atoms. The summed E-state index contributed by atoms with van der Waals surface area (Å²) in [7, 11) is 0. The lowest BCUT2D eigenvalue weighted by Crippen LogP contribution is -2.13. The van der Waals surface area contributed by atoms with Crippen LogP contribution < -0.4 is 5.32 Å². The molecule has 32 heavy (non-hydrogen) atoms. The zero-order chi connectivity index (χ0) is 22.7. The summed E-state index contributed by atoms with van der Waals surface area (Å²) in [5, 5.41) is 3.35. The molecule has 1 aromatic heterocycles. The molecule has 0 saturated carbocycles. The third-order valence-corrected chi connectivity index (χ3v) is 5.86. The third kappa shape index (κ3) is 4.82. The molecular formula is C25H17ClF2N2OS. The van der Waals surface area contributed by atoms with Crippen LogP contribution in [0.3, 0.4) is 0 Å². The van der Waals surface area contributed by atoms with Gasteiger partial charge in [0.15, 0.2) is 0 Å². The number of pyridine rings is 1. The normalized spacial score (nSPS) is 10.8. The van der Waals surface area contributed by atoms with Gasteiger partial charge >= 0.3 is 0 Å². The van der Waals surface area contributed by atoms with Crippen LogP contribution in [0.25, 0.3) is 22.4 Å². The first-order valence-corrected chi connectivity index (χ1v) is 11.2. The highest BCUT2D eigenvalue weighted by molar-refractivity contribution is 7.98. The van der Waals surface area contributed by atoms with E-state index in [1.165, 1.54) is 23.9 Å². The first-order chi connectivity index (χ1) is 15.4. The van der Waals surface area contributed by atoms with Gasteiger partial charge in [-0.25, -0.2) is 8.78 Å². The Hall–Kier alpha value is -3.22. The van der Waals surface area contributed by atoms with E-state index in [1.807, 2.05) is 18.4 Å². The Bertz CT molecular complexity index is 1280. The van der Waals surface area contributed by atoms with E-state index in [0.717, 1.165) is 11.0 Å². The topological polar surface area (TPSA) is 42.0 Å². The summed E-state index contributed by atoms with van der Waals surface area (Å²) in [5.74, 6) is -1.83. The van der Waals surface area contributed by atoms with Crippen molar-refractivity contribution in [2.24, 2.45) is 0 Å². The SMILES string of the molecule is CSc1ccc(C(=O)Nc2ccc(Cl)c(-c3ccccn3)c2)c(-c2cc(F)cc(F)c2)c1. The molecule has 4 aromatic rings. The molecule has 0 atom stereocenters. The van der Waals surface area contributed by atoms with Crippen LogP contribution in [0.4, 0.5) is 14.5 Å². The number of rotatable bonds is 5. The number of hydrogen-bond acceptors (Lipinski definition) is 3. The van der Waals surface area contributed by atoms with E-state index in [2.05, 4.69) is 10.3 Å². The maximum atomic E-state index is 13.9. The molecule has 0 unspecified atom stereocenters. The fourth-order valence-electron chi connectivity index (χ4n) is 3.32. The highest BCUT2D eigenvalue weighted by atomic mass is 35.5. The summed E-state index contributed by atoms with van der Waals surface area (Å²) in [6.45, 7) is 0. The minimum Gasteiger partial charge on any atom is -0.322 e. The van der Waals surface area contributed by atoms with Crippen molar-refractivity contribution in [3.63, 3.8) is 0 Å². The Labute approximate surface area is 193 Å². The zero-order valence-electron chi connectivity index (χ0n) is 16.9. The molecule has 160 valence electrons. The number of thioether (sulfide) groups is 1. The molecule has 1 N–H and O–H groups in total. The number of benzene rings is 3. The monoisotopic (exact) mass is 466 g/mol. The van der Waals surface area contributed by atoms with Crippen molar-refractivity contribution in [2.75, 3.05) is 11.6 Å². The predicted octanol–water partition coefficient (Wildman–Crippen LogP) is 7.32. The van der Waals surface area contributed by atoms with Crippen LogP contribution >= 0.6 is 23.4 Å². The minimum absolute atomic E-state index is 0.286. The molecule has 3 aromatic carbocycles. The second-order valence-electron chi connectivity index (χ2n) is 6.93. The summed E-state index contributed by atoms with van der Waals surface area (Å²) in [6.07, 6.45) is 3.55. The molecule has 0 aliphatic heterocycles. The van der Waals surface area contributed by atoms with Gasteiger partial charge in [-0.3, -0.25) is 9.78 Å². The number of anilines is 1. The van der Waals surface area contributed by atoms with Crippen molar-refractivity contribution in [1.82, 2.24) is 4.98 Å². The molecule has 7 heteroatoms. The van der Waals surface area contributed by atoms with Crippen LogP contribution in [0.5, 0.6) is 0 Å². The predicted molar refractivity (Wildman–Crippen MR) is 126 cm³/mol. The average molecular weight is 467 g/mol. The lowest BCUT2D eigenvalue weighted by atomic mass is 9.98. The fourth-order valence-corrected chi connectivity index (χ4v) is 3.97. The summed E-state index contributed by atoms with van der Waals surface area (Å²) >= 11 is 7.80. The van der Waals surface area contributed by atoms with Gasteiger partial charge in [0.05, 0.1) is 10.7 Å². The van der Waals surface area contributed by atoms with Crippen LogP contribution in [0.15, 0.2) is 83.9 Å². The number of amides is 1. The Morgan fingerprint density at radius 3 is 2.41 bits per heavy atom. The van der Waals surface area contributed by atoms with E-state index in [1.54, 1.807) is 48.7 Å². The average Bonchev–Trinajstić information content (AvgIpc) is 2.79. The number of hydrogen-bond donors (Lipinski definition) is 1. The van der Waals surface area contributed by atoms with Gasteiger partial charge in [0.1, 0.15) is 11.6 Å². The molecular weight excluding hydrogens is 450 g/mol. The van der Waals surface area contributed by atoms with Gasteiger partial charge in [-0.1, -0.05) is 17.7 Å². The van der Waals surface area contributed by atoms with Gasteiger partial charge in [0.25, 0.3) is 5.91 Å². The van der Waals surface area contributed by atoms with Crippen molar-refractivity contribution in [3.05, 3.63) is 101 Å². The van der Waals surface area contributed by atoms with Gasteiger partial charge in [-0.2, -0.15) is 0 Å². The lowest BCUT2D eigenvalue weighted by molar-refractivity contribution is 0.102. The van der Waals surface area contributed by atoms with E-state index in [9.17, 15) is 13.6 Å². The zero-order valence-corrected chi connectivity index (χ0v) is 18.5. The van der Waals surface area contributed by atoms with Gasteiger partial charge in [-0.05, 0) is 78.0 Å². The van der Waals surface area contributed by atoms with E-state index in [4.69, 9.17) is 11.6 Å². The molecule has 0 radical (unpaired) electrons. The van der Waals surface area contributed by atoms with Gasteiger partial charge in [0.2, 0.25) is 0 Å². The number of nitrogens with zero attached hydrogens (tertiary/aromatic N) is 1. The quantitative estimate of drug-likeness (QED) is 0.313. The maximum absolute atomic E-state index is 13.9. The number of halogens is 3. The van der Waals surface area contributed by atoms with Crippen molar-refractivity contribution < 1.29 is 13.6 Å². The van der Waals surface area contributed by atoms with Crippen LogP contribution in [0.2, 0.25) is 5.02 Å². The van der Waals surface area contributed by atoms with Crippen LogP contribution in [0.1, 0.15) is 10.4 Å². The van der Waals surface area contributed by atoms with Crippen molar-refractivity contribution in [3.8, 4) is 22.4 Å². The summed E-state index contributed by atoms with van der Waals surface area (Å²) < 4.78 is 27.7. The Morgan fingerprint density at radius 2 is 1.72 bits per heavy atom. The van der Waals surface area contributed by atoms with Crippen molar-refractivity contribution in [2.45, 2.75) is 4.90 Å². The lowest BCUT2D eigenvalue weighted by Gasteiger charge is -2.13. The number of nitrogens with one attached hydrogen (secondary N) is 1. The Balaban J connectivity index is 1.72. The standard InChI is InChI=1S/C25H17ClF2N2OS/c1-32-19-6-7-20(21(14-19)15-10-16(27)12-17(28)11-15)25(31)30-18-5-8-23(26)22(13-18)24-4-2-3-9-29-24/h2-14H,1H3,(H,30,31). The molecule has 0 aliphatic rings. The summed E-state index contributed by atoms with van der Waals surface area (Å²) in [4.78, 5) is 18.3. The molecule has 0 aliphatic carbocycles. The first-order valence-electron chi connectivity index (χ1n) is 9.61. The summed E-state index contributed by atoms with van der Waals surface area (Å²) in [5.41, 5.74) is 2.89. The van der Waals surface area contributed by atoms with E-state index in [-0.39, 0.29) is 5.56 Å². The maximum Gasteiger partial charge on any atom is 0.256 e. The number of carbonyl (C=O) groups excluding carboxylic acids is 1. The second-order valence-corrected chi connectivity index (χ2v) is 8.22. The highest BCUT2D eigenvalue weighted by Crippen LogP contribution is 2.32. The molecule has 0 fully saturated rings. The first kappa shape index (κ1) is 22.0. The smallest absolute Gasteiger partial charge is 0.256 e. The largest absolute Gasteiger partial charge is 0.322 e. The van der Waals surface area contributed by atoms with Crippen LogP contribution in [-0.2, 0) is 0 Å².